The van der Waals surface area contributed by atoms with Crippen molar-refractivity contribution >= 4 is 75.3 Å². The zero-order chi connectivity index (χ0) is 30.5. The molecule has 0 aliphatic heterocycles. The zero-order valence-corrected chi connectivity index (χ0v) is 24.3. The molecular formula is C19H20ClN5O12S4. The molecule has 0 saturated heterocycles. The topological polar surface area (TPSA) is 258 Å². The van der Waals surface area contributed by atoms with Gasteiger partial charge in [0.1, 0.15) is 0 Å². The Balaban J connectivity index is 1.71. The summed E-state index contributed by atoms with van der Waals surface area (Å²) in [7, 11) is -17.5. The Kier molecular flexibility index (Phi) is 10.2. The summed E-state index contributed by atoms with van der Waals surface area (Å²) in [5.74, 6) is -1.62. The van der Waals surface area contributed by atoms with Gasteiger partial charge in [0, 0.05) is 11.4 Å². The van der Waals surface area contributed by atoms with Crippen molar-refractivity contribution in [2.75, 3.05) is 35.4 Å². The van der Waals surface area contributed by atoms with Gasteiger partial charge in [-0.2, -0.15) is 31.8 Å². The average Bonchev–Trinajstić information content (AvgIpc) is 2.82. The Labute approximate surface area is 239 Å². The lowest BCUT2D eigenvalue weighted by Crippen LogP contribution is -2.15. The fourth-order valence-electron chi connectivity index (χ4n) is 2.97. The van der Waals surface area contributed by atoms with Crippen molar-refractivity contribution < 1.29 is 51.1 Å². The van der Waals surface area contributed by atoms with Crippen molar-refractivity contribution in [1.29, 1.82) is 0 Å². The number of hydrogen-bond acceptors (Lipinski definition) is 15. The van der Waals surface area contributed by atoms with Gasteiger partial charge < -0.3 is 10.6 Å². The van der Waals surface area contributed by atoms with E-state index >= 15 is 0 Å². The molecule has 0 bridgehead atoms. The van der Waals surface area contributed by atoms with Crippen molar-refractivity contribution in [3.05, 3.63) is 53.8 Å². The first-order valence-corrected chi connectivity index (χ1v) is 17.2. The highest BCUT2D eigenvalue weighted by Gasteiger charge is 2.18. The molecule has 2 aromatic carbocycles. The second kappa shape index (κ2) is 12.9. The molecule has 0 saturated carbocycles. The molecule has 0 unspecified atom stereocenters. The van der Waals surface area contributed by atoms with Gasteiger partial charge in [0.15, 0.2) is 19.7 Å². The molecule has 17 nitrogen and oxygen atoms in total. The number of hydrogen-bond donors (Lipinski definition) is 4. The van der Waals surface area contributed by atoms with Gasteiger partial charge in [0.2, 0.25) is 17.2 Å². The average molecular weight is 674 g/mol. The standard InChI is InChI=1S/C19H20ClN5O12S4/c20-17-23-18(21-13-4-6-15(7-5-13)38(26,27)10-8-36-40(30,31)32)25-19(24-17)22-14-2-1-3-16(12-14)39(28,29)11-9-37-41(33,34)35/h1-7,12H,8-11H2,(H,30,31,32)(H,33,34,35)(H2,21,22,23,24,25). The number of rotatable bonds is 14. The largest absolute Gasteiger partial charge is 0.397 e. The summed E-state index contributed by atoms with van der Waals surface area (Å²) in [6, 6.07) is 10.5. The Hall–Kier alpha value is -3.02. The molecule has 0 amide bonds. The number of halogens is 1. The van der Waals surface area contributed by atoms with E-state index in [4.69, 9.17) is 20.7 Å². The van der Waals surface area contributed by atoms with Crippen LogP contribution in [0.1, 0.15) is 0 Å². The van der Waals surface area contributed by atoms with Crippen LogP contribution in [0.25, 0.3) is 0 Å². The van der Waals surface area contributed by atoms with Crippen LogP contribution in [0.4, 0.5) is 23.3 Å². The molecule has 0 aliphatic carbocycles. The molecule has 0 spiro atoms. The maximum absolute atomic E-state index is 12.5. The minimum atomic E-state index is -4.80. The van der Waals surface area contributed by atoms with Crippen LogP contribution >= 0.6 is 11.6 Å². The molecule has 1 aromatic heterocycles. The van der Waals surface area contributed by atoms with Gasteiger partial charge in [0.25, 0.3) is 0 Å². The summed E-state index contributed by atoms with van der Waals surface area (Å²) in [5.41, 5.74) is 0.536. The van der Waals surface area contributed by atoms with Crippen molar-refractivity contribution in [3.63, 3.8) is 0 Å². The SMILES string of the molecule is O=S(=O)(O)OCCS(=O)(=O)c1ccc(Nc2nc(Cl)nc(Nc3cccc(S(=O)(=O)CCOS(=O)(=O)O)c3)n2)cc1. The molecule has 0 radical (unpaired) electrons. The lowest BCUT2D eigenvalue weighted by atomic mass is 10.3. The smallest absolute Gasteiger partial charge is 0.324 e. The molecule has 1 heterocycles. The van der Waals surface area contributed by atoms with Gasteiger partial charge in [-0.15, -0.1) is 0 Å². The fourth-order valence-corrected chi connectivity index (χ4v) is 6.15. The van der Waals surface area contributed by atoms with E-state index in [2.05, 4.69) is 34.0 Å². The van der Waals surface area contributed by atoms with E-state index in [1.165, 1.54) is 48.5 Å². The van der Waals surface area contributed by atoms with Gasteiger partial charge in [-0.3, -0.25) is 9.11 Å². The maximum atomic E-state index is 12.5. The molecule has 41 heavy (non-hydrogen) atoms. The minimum Gasteiger partial charge on any atom is -0.324 e. The first kappa shape index (κ1) is 32.5. The number of aromatic nitrogens is 3. The monoisotopic (exact) mass is 673 g/mol. The summed E-state index contributed by atoms with van der Waals surface area (Å²) in [5, 5.41) is 5.28. The first-order chi connectivity index (χ1) is 18.9. The third-order valence-electron chi connectivity index (χ3n) is 4.70. The van der Waals surface area contributed by atoms with Gasteiger partial charge in [0.05, 0.1) is 34.5 Å². The Morgan fingerprint density at radius 3 is 1.66 bits per heavy atom. The Morgan fingerprint density at radius 2 is 1.15 bits per heavy atom. The van der Waals surface area contributed by atoms with Crippen LogP contribution in [0.2, 0.25) is 5.28 Å². The van der Waals surface area contributed by atoms with Crippen molar-refractivity contribution in [2.45, 2.75) is 9.79 Å². The fraction of sp³-hybridized carbons (Fsp3) is 0.211. The molecule has 4 N–H and O–H groups in total. The van der Waals surface area contributed by atoms with Crippen molar-refractivity contribution in [1.82, 2.24) is 15.0 Å². The minimum absolute atomic E-state index is 0.0733. The first-order valence-electron chi connectivity index (χ1n) is 10.8. The van der Waals surface area contributed by atoms with Gasteiger partial charge in [-0.05, 0) is 54.1 Å². The molecule has 22 heteroatoms. The summed E-state index contributed by atoms with van der Waals surface area (Å²) >= 11 is 5.97. The Morgan fingerprint density at radius 1 is 0.659 bits per heavy atom. The predicted molar refractivity (Wildman–Crippen MR) is 143 cm³/mol. The number of anilines is 4. The number of sulfone groups is 2. The number of nitrogens with one attached hydrogen (secondary N) is 2. The molecule has 3 rings (SSSR count). The highest BCUT2D eigenvalue weighted by molar-refractivity contribution is 7.91. The van der Waals surface area contributed by atoms with Crippen LogP contribution in [0.5, 0.6) is 0 Å². The summed E-state index contributed by atoms with van der Waals surface area (Å²) in [4.78, 5) is 11.6. The molecule has 0 atom stereocenters. The van der Waals surface area contributed by atoms with E-state index in [9.17, 15) is 33.7 Å². The van der Waals surface area contributed by atoms with E-state index in [-0.39, 0.29) is 32.7 Å². The summed E-state index contributed by atoms with van der Waals surface area (Å²) < 4.78 is 117. The highest BCUT2D eigenvalue weighted by Crippen LogP contribution is 2.23. The van der Waals surface area contributed by atoms with Crippen molar-refractivity contribution in [3.8, 4) is 0 Å². The van der Waals surface area contributed by atoms with E-state index < -0.39 is 65.2 Å². The molecule has 3 aromatic rings. The molecule has 0 fully saturated rings. The third-order valence-corrected chi connectivity index (χ3v) is 9.16. The van der Waals surface area contributed by atoms with Crippen LogP contribution in [-0.4, -0.2) is 82.4 Å². The van der Waals surface area contributed by atoms with Crippen LogP contribution in [0.3, 0.4) is 0 Å². The molecule has 224 valence electrons. The van der Waals surface area contributed by atoms with Crippen LogP contribution in [-0.2, 0) is 48.8 Å². The second-order valence-corrected chi connectivity index (χ2v) is 14.4. The van der Waals surface area contributed by atoms with E-state index in [1.807, 2.05) is 0 Å². The lowest BCUT2D eigenvalue weighted by Gasteiger charge is -2.10. The van der Waals surface area contributed by atoms with Crippen molar-refractivity contribution in [2.24, 2.45) is 0 Å². The summed E-state index contributed by atoms with van der Waals surface area (Å²) in [6.07, 6.45) is 0. The van der Waals surface area contributed by atoms with Crippen LogP contribution in [0.15, 0.2) is 58.3 Å². The molecular weight excluding hydrogens is 654 g/mol. The maximum Gasteiger partial charge on any atom is 0.397 e. The van der Waals surface area contributed by atoms with E-state index in [1.54, 1.807) is 0 Å². The van der Waals surface area contributed by atoms with E-state index in [0.29, 0.717) is 5.69 Å². The highest BCUT2D eigenvalue weighted by atomic mass is 35.5. The Bertz CT molecular complexity index is 1840. The number of nitrogens with zero attached hydrogens (tertiary/aromatic N) is 3. The number of benzene rings is 2. The summed E-state index contributed by atoms with van der Waals surface area (Å²) in [6.45, 7) is -1.58. The normalized spacial score (nSPS) is 12.7. The zero-order valence-electron chi connectivity index (χ0n) is 20.3. The van der Waals surface area contributed by atoms with Gasteiger partial charge >= 0.3 is 20.8 Å². The van der Waals surface area contributed by atoms with Gasteiger partial charge in [-0.1, -0.05) is 6.07 Å². The second-order valence-electron chi connectivity index (χ2n) is 7.69. The third kappa shape index (κ3) is 10.7. The molecule has 0 aliphatic rings. The van der Waals surface area contributed by atoms with Crippen LogP contribution in [0, 0.1) is 0 Å². The van der Waals surface area contributed by atoms with E-state index in [0.717, 1.165) is 0 Å². The lowest BCUT2D eigenvalue weighted by molar-refractivity contribution is 0.282. The van der Waals surface area contributed by atoms with Crippen LogP contribution < -0.4 is 10.6 Å². The predicted octanol–water partition coefficient (Wildman–Crippen LogP) is 1.20. The quantitative estimate of drug-likeness (QED) is 0.175. The van der Waals surface area contributed by atoms with Gasteiger partial charge in [-0.25, -0.2) is 25.2 Å².